The highest BCUT2D eigenvalue weighted by molar-refractivity contribution is 5.95. The molecule has 0 saturated carbocycles. The fourth-order valence-corrected chi connectivity index (χ4v) is 2.92. The van der Waals surface area contributed by atoms with Gasteiger partial charge in [0.25, 0.3) is 11.5 Å². The second-order valence-electron chi connectivity index (χ2n) is 6.09. The van der Waals surface area contributed by atoms with Crippen LogP contribution in [0.15, 0.2) is 23.0 Å². The van der Waals surface area contributed by atoms with Gasteiger partial charge in [-0.25, -0.2) is 9.78 Å². The van der Waals surface area contributed by atoms with Crippen molar-refractivity contribution in [2.45, 2.75) is 25.8 Å². The number of carbonyl (C=O) groups is 2. The van der Waals surface area contributed by atoms with Gasteiger partial charge in [0.05, 0.1) is 16.5 Å². The highest BCUT2D eigenvalue weighted by atomic mass is 16.5. The minimum absolute atomic E-state index is 0.0853. The largest absolute Gasteiger partial charge is 0.452 e. The van der Waals surface area contributed by atoms with E-state index in [1.165, 1.54) is 12.1 Å². The van der Waals surface area contributed by atoms with Gasteiger partial charge in [-0.1, -0.05) is 0 Å². The molecule has 1 aromatic heterocycles. The number of fused-ring (bicyclic) bond motifs is 2. The lowest BCUT2D eigenvalue weighted by molar-refractivity contribution is -0.124. The number of hydrogen-bond acceptors (Lipinski definition) is 6. The van der Waals surface area contributed by atoms with E-state index in [-0.39, 0.29) is 23.6 Å². The molecule has 1 aromatic carbocycles. The number of ether oxygens (including phenoxy) is 2. The monoisotopic (exact) mass is 359 g/mol. The van der Waals surface area contributed by atoms with E-state index in [0.29, 0.717) is 37.0 Å². The third-order valence-electron chi connectivity index (χ3n) is 4.23. The zero-order valence-electron chi connectivity index (χ0n) is 14.6. The highest BCUT2D eigenvalue weighted by Crippen LogP contribution is 2.16. The Bertz CT molecular complexity index is 890. The summed E-state index contributed by atoms with van der Waals surface area (Å²) in [6, 6.07) is 4.64. The molecule has 138 valence electrons. The molecule has 1 amide bonds. The van der Waals surface area contributed by atoms with Gasteiger partial charge in [-0.15, -0.1) is 0 Å². The number of esters is 1. The molecule has 0 fully saturated rings. The Morgan fingerprint density at radius 1 is 1.35 bits per heavy atom. The van der Waals surface area contributed by atoms with Crippen molar-refractivity contribution in [1.82, 2.24) is 14.9 Å². The van der Waals surface area contributed by atoms with Gasteiger partial charge in [-0.3, -0.25) is 14.2 Å². The number of hydrogen-bond donors (Lipinski definition) is 1. The number of methoxy groups -OCH3 is 1. The van der Waals surface area contributed by atoms with Crippen molar-refractivity contribution >= 4 is 22.8 Å². The molecule has 0 unspecified atom stereocenters. The molecule has 0 bridgehead atoms. The fourth-order valence-electron chi connectivity index (χ4n) is 2.92. The Morgan fingerprint density at radius 2 is 2.19 bits per heavy atom. The average molecular weight is 359 g/mol. The van der Waals surface area contributed by atoms with Gasteiger partial charge >= 0.3 is 5.97 Å². The fraction of sp³-hybridized carbons (Fsp3) is 0.444. The summed E-state index contributed by atoms with van der Waals surface area (Å²) in [5, 5.41) is 3.11. The van der Waals surface area contributed by atoms with Crippen molar-refractivity contribution in [3.63, 3.8) is 0 Å². The molecule has 2 heterocycles. The lowest BCUT2D eigenvalue weighted by atomic mass is 10.1. The van der Waals surface area contributed by atoms with Gasteiger partial charge in [0.2, 0.25) is 0 Å². The molecule has 26 heavy (non-hydrogen) atoms. The number of aryl methyl sites for hydroxylation is 1. The summed E-state index contributed by atoms with van der Waals surface area (Å²) in [4.78, 5) is 40.7. The summed E-state index contributed by atoms with van der Waals surface area (Å²) in [7, 11) is 1.59. The summed E-state index contributed by atoms with van der Waals surface area (Å²) < 4.78 is 11.6. The molecule has 1 aliphatic rings. The predicted octanol–water partition coefficient (Wildman–Crippen LogP) is 0.652. The number of nitrogens with zero attached hydrogens (tertiary/aromatic N) is 2. The first-order valence-electron chi connectivity index (χ1n) is 8.56. The van der Waals surface area contributed by atoms with Gasteiger partial charge in [0.15, 0.2) is 6.61 Å². The van der Waals surface area contributed by atoms with E-state index in [0.717, 1.165) is 18.7 Å². The molecule has 8 nitrogen and oxygen atoms in total. The summed E-state index contributed by atoms with van der Waals surface area (Å²) in [5.41, 5.74) is 0.652. The molecule has 1 aliphatic heterocycles. The molecule has 2 aromatic rings. The smallest absolute Gasteiger partial charge is 0.338 e. The lowest BCUT2D eigenvalue weighted by Gasteiger charge is -2.08. The van der Waals surface area contributed by atoms with Crippen molar-refractivity contribution < 1.29 is 19.1 Å². The van der Waals surface area contributed by atoms with Gasteiger partial charge in [0, 0.05) is 33.2 Å². The number of aromatic nitrogens is 2. The van der Waals surface area contributed by atoms with Crippen LogP contribution in [-0.4, -0.2) is 48.3 Å². The molecule has 0 saturated heterocycles. The van der Waals surface area contributed by atoms with Crippen molar-refractivity contribution in [2.75, 3.05) is 26.9 Å². The second kappa shape index (κ2) is 8.09. The van der Waals surface area contributed by atoms with Gasteiger partial charge in [-0.05, 0) is 31.0 Å². The number of carbonyl (C=O) groups excluding carboxylic acids is 2. The van der Waals surface area contributed by atoms with Gasteiger partial charge in [0.1, 0.15) is 5.82 Å². The summed E-state index contributed by atoms with van der Waals surface area (Å²) in [6.07, 6.45) is 2.34. The van der Waals surface area contributed by atoms with Crippen molar-refractivity contribution in [1.29, 1.82) is 0 Å². The van der Waals surface area contributed by atoms with Crippen molar-refractivity contribution in [3.05, 3.63) is 39.9 Å². The Hall–Kier alpha value is -2.74. The average Bonchev–Trinajstić information content (AvgIpc) is 3.11. The zero-order valence-corrected chi connectivity index (χ0v) is 14.6. The lowest BCUT2D eigenvalue weighted by Crippen LogP contribution is -2.30. The predicted molar refractivity (Wildman–Crippen MR) is 94.1 cm³/mol. The number of nitrogens with one attached hydrogen (secondary N) is 1. The van der Waals surface area contributed by atoms with Gasteiger partial charge < -0.3 is 14.8 Å². The van der Waals surface area contributed by atoms with Crippen LogP contribution in [0.25, 0.3) is 10.9 Å². The maximum absolute atomic E-state index is 12.4. The summed E-state index contributed by atoms with van der Waals surface area (Å²) >= 11 is 0. The number of amides is 1. The molecular formula is C18H21N3O5. The van der Waals surface area contributed by atoms with E-state index < -0.39 is 5.97 Å². The van der Waals surface area contributed by atoms with Crippen LogP contribution in [0.2, 0.25) is 0 Å². The van der Waals surface area contributed by atoms with Crippen LogP contribution in [0.3, 0.4) is 0 Å². The molecule has 0 atom stereocenters. The van der Waals surface area contributed by atoms with E-state index in [4.69, 9.17) is 9.47 Å². The van der Waals surface area contributed by atoms with Crippen LogP contribution in [-0.2, 0) is 27.2 Å². The highest BCUT2D eigenvalue weighted by Gasteiger charge is 2.17. The Kier molecular flexibility index (Phi) is 5.62. The Labute approximate surface area is 150 Å². The van der Waals surface area contributed by atoms with E-state index in [9.17, 15) is 14.4 Å². The third-order valence-corrected chi connectivity index (χ3v) is 4.23. The van der Waals surface area contributed by atoms with E-state index in [2.05, 4.69) is 10.3 Å². The Morgan fingerprint density at radius 3 is 3.00 bits per heavy atom. The molecule has 3 rings (SSSR count). The quantitative estimate of drug-likeness (QED) is 0.576. The summed E-state index contributed by atoms with van der Waals surface area (Å²) in [6.45, 7) is 1.33. The van der Waals surface area contributed by atoms with E-state index in [1.807, 2.05) is 0 Å². The van der Waals surface area contributed by atoms with E-state index >= 15 is 0 Å². The van der Waals surface area contributed by atoms with Crippen LogP contribution in [0, 0.1) is 0 Å². The third kappa shape index (κ3) is 3.91. The first-order chi connectivity index (χ1) is 12.6. The molecule has 0 spiro atoms. The van der Waals surface area contributed by atoms with Crippen LogP contribution in [0.1, 0.15) is 29.0 Å². The number of benzene rings is 1. The van der Waals surface area contributed by atoms with Crippen LogP contribution < -0.4 is 10.9 Å². The minimum atomic E-state index is -0.624. The Balaban J connectivity index is 1.65. The van der Waals surface area contributed by atoms with Crippen LogP contribution in [0.5, 0.6) is 0 Å². The minimum Gasteiger partial charge on any atom is -0.452 e. The first kappa shape index (κ1) is 18.1. The van der Waals surface area contributed by atoms with E-state index in [1.54, 1.807) is 17.7 Å². The normalized spacial score (nSPS) is 12.8. The van der Waals surface area contributed by atoms with Crippen LogP contribution >= 0.6 is 0 Å². The summed E-state index contributed by atoms with van der Waals surface area (Å²) in [5.74, 6) is -0.255. The molecule has 0 radical (unpaired) electrons. The molecule has 1 N–H and O–H groups in total. The van der Waals surface area contributed by atoms with Crippen molar-refractivity contribution in [2.24, 2.45) is 0 Å². The first-order valence-corrected chi connectivity index (χ1v) is 8.56. The molecular weight excluding hydrogens is 338 g/mol. The molecule has 0 aliphatic carbocycles. The topological polar surface area (TPSA) is 99.5 Å². The zero-order chi connectivity index (χ0) is 18.5. The SMILES string of the molecule is COCCCNC(=O)COC(=O)c1ccc2c(=O)n3c(nc2c1)CCC3. The van der Waals surface area contributed by atoms with Crippen LogP contribution in [0.4, 0.5) is 0 Å². The standard InChI is InChI=1S/C18H21N3O5/c1-25-9-3-7-19-16(22)11-26-18(24)12-5-6-13-14(10-12)20-15-4-2-8-21(15)17(13)23/h5-6,10H,2-4,7-9,11H2,1H3,(H,19,22). The van der Waals surface area contributed by atoms with Gasteiger partial charge in [-0.2, -0.15) is 0 Å². The molecule has 8 heteroatoms. The maximum atomic E-state index is 12.4. The second-order valence-corrected chi connectivity index (χ2v) is 6.09. The van der Waals surface area contributed by atoms with Crippen molar-refractivity contribution in [3.8, 4) is 0 Å². The number of rotatable bonds is 7. The maximum Gasteiger partial charge on any atom is 0.338 e.